The number of esters is 1. The Hall–Kier alpha value is -2.92. The minimum absolute atomic E-state index is 0.120. The van der Waals surface area contributed by atoms with Gasteiger partial charge in [-0.15, -0.1) is 0 Å². The largest absolute Gasteiger partial charge is 0.469 e. The molecule has 5 rings (SSSR count). The Bertz CT molecular complexity index is 1090. The van der Waals surface area contributed by atoms with Crippen LogP contribution in [-0.2, 0) is 22.6 Å². The van der Waals surface area contributed by atoms with E-state index in [1.54, 1.807) is 0 Å². The highest BCUT2D eigenvalue weighted by Gasteiger charge is 2.35. The fourth-order valence-electron chi connectivity index (χ4n) is 5.95. The van der Waals surface area contributed by atoms with Gasteiger partial charge in [0, 0.05) is 44.2 Å². The smallest absolute Gasteiger partial charge is 0.305 e. The highest BCUT2D eigenvalue weighted by molar-refractivity contribution is 5.99. The quantitative estimate of drug-likeness (QED) is 0.503. The first-order valence-electron chi connectivity index (χ1n) is 13.1. The molecule has 0 unspecified atom stereocenters. The number of ether oxygens (including phenoxy) is 1. The van der Waals surface area contributed by atoms with Gasteiger partial charge in [-0.25, -0.2) is 0 Å². The average Bonchev–Trinajstić information content (AvgIpc) is 3.24. The van der Waals surface area contributed by atoms with Crippen LogP contribution in [0.5, 0.6) is 0 Å². The molecule has 2 aromatic carbocycles. The maximum atomic E-state index is 13.4. The predicted octanol–water partition coefficient (Wildman–Crippen LogP) is 5.44. The summed E-state index contributed by atoms with van der Waals surface area (Å²) in [7, 11) is 1.45. The van der Waals surface area contributed by atoms with E-state index in [0.717, 1.165) is 75.8 Å². The fourth-order valence-corrected chi connectivity index (χ4v) is 5.95. The van der Waals surface area contributed by atoms with E-state index in [2.05, 4.69) is 64.4 Å². The standard InChI is InChI=1S/C30H36N2O3/c1-35-29(33)14-9-22-7-12-27(13-8-22)32-21-26-11-10-25(19-28(26)30(32)34)24-15-17-31(18-16-24)20-23-5-3-2-4-6-23/h2-6,10-11,15,19,22,27H,7-9,12-14,16-18,20-21H2,1H3. The number of hydrogen-bond acceptors (Lipinski definition) is 4. The second-order valence-corrected chi connectivity index (χ2v) is 10.3. The Balaban J connectivity index is 1.17. The lowest BCUT2D eigenvalue weighted by Crippen LogP contribution is -2.38. The summed E-state index contributed by atoms with van der Waals surface area (Å²) < 4.78 is 4.78. The van der Waals surface area contributed by atoms with Crippen molar-refractivity contribution in [2.24, 2.45) is 5.92 Å². The van der Waals surface area contributed by atoms with E-state index < -0.39 is 0 Å². The first-order valence-corrected chi connectivity index (χ1v) is 13.1. The van der Waals surface area contributed by atoms with Crippen LogP contribution in [0.15, 0.2) is 54.6 Å². The van der Waals surface area contributed by atoms with Crippen LogP contribution in [0.4, 0.5) is 0 Å². The van der Waals surface area contributed by atoms with Gasteiger partial charge < -0.3 is 9.64 Å². The molecule has 1 saturated carbocycles. The zero-order valence-corrected chi connectivity index (χ0v) is 20.7. The predicted molar refractivity (Wildman–Crippen MR) is 138 cm³/mol. The number of carbonyl (C=O) groups is 2. The fraction of sp³-hybridized carbons (Fsp3) is 0.467. The monoisotopic (exact) mass is 472 g/mol. The lowest BCUT2D eigenvalue weighted by atomic mass is 9.83. The van der Waals surface area contributed by atoms with Crippen LogP contribution in [0.25, 0.3) is 5.57 Å². The Labute approximate surface area is 208 Å². The van der Waals surface area contributed by atoms with Crippen molar-refractivity contribution in [3.63, 3.8) is 0 Å². The van der Waals surface area contributed by atoms with Gasteiger partial charge in [-0.2, -0.15) is 0 Å². The van der Waals surface area contributed by atoms with E-state index in [1.165, 1.54) is 23.8 Å². The van der Waals surface area contributed by atoms with E-state index >= 15 is 0 Å². The third-order valence-corrected chi connectivity index (χ3v) is 8.10. The molecule has 0 aromatic heterocycles. The molecular formula is C30H36N2O3. The van der Waals surface area contributed by atoms with Crippen LogP contribution in [-0.4, -0.2) is 47.9 Å². The lowest BCUT2D eigenvalue weighted by molar-refractivity contribution is -0.141. The summed E-state index contributed by atoms with van der Waals surface area (Å²) >= 11 is 0. The van der Waals surface area contributed by atoms with Crippen LogP contribution in [0.3, 0.4) is 0 Å². The first kappa shape index (κ1) is 23.8. The Morgan fingerprint density at radius 1 is 1.06 bits per heavy atom. The molecule has 35 heavy (non-hydrogen) atoms. The number of hydrogen-bond donors (Lipinski definition) is 0. The van der Waals surface area contributed by atoms with Gasteiger partial charge in [0.1, 0.15) is 0 Å². The van der Waals surface area contributed by atoms with Crippen molar-refractivity contribution >= 4 is 17.4 Å². The van der Waals surface area contributed by atoms with Crippen LogP contribution in [0.1, 0.15) is 72.0 Å². The number of benzene rings is 2. The van der Waals surface area contributed by atoms with Crippen molar-refractivity contribution in [2.45, 2.75) is 64.1 Å². The van der Waals surface area contributed by atoms with Crippen molar-refractivity contribution in [1.82, 2.24) is 9.80 Å². The average molecular weight is 473 g/mol. The minimum Gasteiger partial charge on any atom is -0.469 e. The molecule has 0 spiro atoms. The van der Waals surface area contributed by atoms with Gasteiger partial charge in [-0.3, -0.25) is 14.5 Å². The molecular weight excluding hydrogens is 436 g/mol. The van der Waals surface area contributed by atoms with Gasteiger partial charge in [-0.05, 0) is 72.8 Å². The third-order valence-electron chi connectivity index (χ3n) is 8.10. The van der Waals surface area contributed by atoms with E-state index in [0.29, 0.717) is 18.4 Å². The summed E-state index contributed by atoms with van der Waals surface area (Å²) in [5.74, 6) is 0.642. The molecule has 1 fully saturated rings. The van der Waals surface area contributed by atoms with E-state index in [-0.39, 0.29) is 11.9 Å². The molecule has 0 saturated heterocycles. The second kappa shape index (κ2) is 10.8. The molecule has 184 valence electrons. The summed E-state index contributed by atoms with van der Waals surface area (Å²) in [4.78, 5) is 29.4. The summed E-state index contributed by atoms with van der Waals surface area (Å²) in [5.41, 5.74) is 5.96. The van der Waals surface area contributed by atoms with Gasteiger partial charge in [0.2, 0.25) is 0 Å². The Morgan fingerprint density at radius 2 is 1.86 bits per heavy atom. The van der Waals surface area contributed by atoms with Crippen LogP contribution < -0.4 is 0 Å². The molecule has 3 aliphatic rings. The molecule has 0 atom stereocenters. The molecule has 5 heteroatoms. The summed E-state index contributed by atoms with van der Waals surface area (Å²) in [6, 6.07) is 17.5. The minimum atomic E-state index is -0.120. The Morgan fingerprint density at radius 3 is 2.57 bits per heavy atom. The highest BCUT2D eigenvalue weighted by Crippen LogP contribution is 2.36. The molecule has 0 N–H and O–H groups in total. The van der Waals surface area contributed by atoms with Gasteiger partial charge in [0.05, 0.1) is 7.11 Å². The van der Waals surface area contributed by atoms with Crippen molar-refractivity contribution in [3.8, 4) is 0 Å². The van der Waals surface area contributed by atoms with Crippen molar-refractivity contribution in [1.29, 1.82) is 0 Å². The van der Waals surface area contributed by atoms with E-state index in [4.69, 9.17) is 4.74 Å². The number of amides is 1. The van der Waals surface area contributed by atoms with Crippen molar-refractivity contribution < 1.29 is 14.3 Å². The maximum Gasteiger partial charge on any atom is 0.305 e. The molecule has 0 radical (unpaired) electrons. The van der Waals surface area contributed by atoms with Gasteiger partial charge in [-0.1, -0.05) is 48.5 Å². The van der Waals surface area contributed by atoms with E-state index in [1.807, 2.05) is 0 Å². The summed E-state index contributed by atoms with van der Waals surface area (Å²) in [5, 5.41) is 0. The first-order chi connectivity index (χ1) is 17.1. The van der Waals surface area contributed by atoms with Gasteiger partial charge >= 0.3 is 5.97 Å². The molecule has 0 bridgehead atoms. The summed E-state index contributed by atoms with van der Waals surface area (Å²) in [6.07, 6.45) is 8.97. The second-order valence-electron chi connectivity index (χ2n) is 10.3. The summed E-state index contributed by atoms with van der Waals surface area (Å²) in [6.45, 7) is 3.70. The SMILES string of the molecule is COC(=O)CCC1CCC(N2Cc3ccc(C4=CCN(Cc5ccccc5)CC4)cc3C2=O)CC1. The third kappa shape index (κ3) is 5.51. The van der Waals surface area contributed by atoms with Crippen molar-refractivity contribution in [2.75, 3.05) is 20.2 Å². The van der Waals surface area contributed by atoms with Crippen LogP contribution in [0.2, 0.25) is 0 Å². The molecule has 2 heterocycles. The zero-order valence-electron chi connectivity index (χ0n) is 20.7. The molecule has 1 amide bonds. The molecule has 5 nitrogen and oxygen atoms in total. The van der Waals surface area contributed by atoms with Gasteiger partial charge in [0.15, 0.2) is 0 Å². The Kier molecular flexibility index (Phi) is 7.33. The molecule has 2 aliphatic heterocycles. The zero-order chi connectivity index (χ0) is 24.2. The molecule has 2 aromatic rings. The van der Waals surface area contributed by atoms with Crippen LogP contribution in [0, 0.1) is 5.92 Å². The number of methoxy groups -OCH3 is 1. The number of nitrogens with zero attached hydrogens (tertiary/aromatic N) is 2. The van der Waals surface area contributed by atoms with Gasteiger partial charge in [0.25, 0.3) is 5.91 Å². The molecule has 1 aliphatic carbocycles. The number of fused-ring (bicyclic) bond motifs is 1. The topological polar surface area (TPSA) is 49.9 Å². The number of carbonyl (C=O) groups excluding carboxylic acids is 2. The van der Waals surface area contributed by atoms with Crippen LogP contribution >= 0.6 is 0 Å². The van der Waals surface area contributed by atoms with Crippen molar-refractivity contribution in [3.05, 3.63) is 76.9 Å². The maximum absolute atomic E-state index is 13.4. The number of rotatable bonds is 7. The highest BCUT2D eigenvalue weighted by atomic mass is 16.5. The normalized spacial score (nSPS) is 22.6. The van der Waals surface area contributed by atoms with E-state index in [9.17, 15) is 9.59 Å². The lowest BCUT2D eigenvalue weighted by Gasteiger charge is -2.34.